The largest absolute Gasteiger partial charge is 0.396 e. The molecule has 0 aliphatic heterocycles. The maximum absolute atomic E-state index is 8.80. The number of unbranched alkanes of at least 4 members (excludes halogenated alkanes) is 2. The van der Waals surface area contributed by atoms with E-state index in [2.05, 4.69) is 24.2 Å². The third-order valence-corrected chi connectivity index (χ3v) is 4.39. The highest BCUT2D eigenvalue weighted by Crippen LogP contribution is 2.38. The van der Waals surface area contributed by atoms with Gasteiger partial charge in [-0.05, 0) is 64.1 Å². The molecule has 3 nitrogen and oxygen atoms in total. The van der Waals surface area contributed by atoms with Gasteiger partial charge in [0.15, 0.2) is 0 Å². The van der Waals surface area contributed by atoms with Crippen molar-refractivity contribution in [3.63, 3.8) is 0 Å². The van der Waals surface area contributed by atoms with Crippen LogP contribution in [0.2, 0.25) is 0 Å². The highest BCUT2D eigenvalue weighted by atomic mass is 16.2. The molecule has 0 amide bonds. The molecule has 0 aromatic rings. The van der Waals surface area contributed by atoms with Gasteiger partial charge >= 0.3 is 0 Å². The van der Waals surface area contributed by atoms with Gasteiger partial charge < -0.3 is 15.3 Å². The standard InChI is InChI=1S/C16H34N2O/c1-3-11-17-14-16(9-5-6-10-16)15-18(2)12-7-4-8-13-19/h17,19H,3-15H2,1-2H3. The summed E-state index contributed by atoms with van der Waals surface area (Å²) >= 11 is 0. The molecule has 1 fully saturated rings. The molecule has 0 spiro atoms. The number of hydrogen-bond donors (Lipinski definition) is 2. The molecule has 0 bridgehead atoms. The molecule has 0 saturated heterocycles. The summed E-state index contributed by atoms with van der Waals surface area (Å²) in [5.41, 5.74) is 0.529. The van der Waals surface area contributed by atoms with Crippen molar-refractivity contribution in [2.75, 3.05) is 39.8 Å². The number of nitrogens with one attached hydrogen (secondary N) is 1. The molecule has 1 saturated carbocycles. The van der Waals surface area contributed by atoms with Gasteiger partial charge in [-0.25, -0.2) is 0 Å². The van der Waals surface area contributed by atoms with Crippen LogP contribution in [-0.4, -0.2) is 49.8 Å². The molecule has 0 unspecified atom stereocenters. The van der Waals surface area contributed by atoms with E-state index in [1.165, 1.54) is 58.2 Å². The summed E-state index contributed by atoms with van der Waals surface area (Å²) in [5, 5.41) is 12.4. The van der Waals surface area contributed by atoms with Crippen LogP contribution in [0.15, 0.2) is 0 Å². The molecule has 1 aliphatic carbocycles. The Morgan fingerprint density at radius 1 is 1.16 bits per heavy atom. The molecule has 2 N–H and O–H groups in total. The quantitative estimate of drug-likeness (QED) is 0.567. The van der Waals surface area contributed by atoms with Gasteiger partial charge in [0.25, 0.3) is 0 Å². The van der Waals surface area contributed by atoms with Crippen molar-refractivity contribution >= 4 is 0 Å². The van der Waals surface area contributed by atoms with Gasteiger partial charge in [-0.15, -0.1) is 0 Å². The Bertz CT molecular complexity index is 215. The molecule has 1 rings (SSSR count). The summed E-state index contributed by atoms with van der Waals surface area (Å²) in [6, 6.07) is 0. The van der Waals surface area contributed by atoms with E-state index >= 15 is 0 Å². The van der Waals surface area contributed by atoms with E-state index in [9.17, 15) is 0 Å². The third kappa shape index (κ3) is 6.73. The van der Waals surface area contributed by atoms with E-state index in [1.54, 1.807) is 0 Å². The minimum absolute atomic E-state index is 0.342. The van der Waals surface area contributed by atoms with Crippen LogP contribution in [0.1, 0.15) is 58.3 Å². The first-order valence-corrected chi connectivity index (χ1v) is 8.22. The normalized spacial score (nSPS) is 18.3. The van der Waals surface area contributed by atoms with Gasteiger partial charge in [0.2, 0.25) is 0 Å². The molecule has 0 atom stereocenters. The lowest BCUT2D eigenvalue weighted by molar-refractivity contribution is 0.169. The van der Waals surface area contributed by atoms with Crippen LogP contribution in [0.25, 0.3) is 0 Å². The van der Waals surface area contributed by atoms with E-state index in [4.69, 9.17) is 5.11 Å². The van der Waals surface area contributed by atoms with Crippen molar-refractivity contribution in [2.24, 2.45) is 5.41 Å². The van der Waals surface area contributed by atoms with E-state index in [-0.39, 0.29) is 0 Å². The summed E-state index contributed by atoms with van der Waals surface area (Å²) < 4.78 is 0. The number of aliphatic hydroxyl groups excluding tert-OH is 1. The van der Waals surface area contributed by atoms with Crippen LogP contribution >= 0.6 is 0 Å². The van der Waals surface area contributed by atoms with Crippen LogP contribution in [0.3, 0.4) is 0 Å². The molecule has 0 radical (unpaired) electrons. The minimum atomic E-state index is 0.342. The Labute approximate surface area is 119 Å². The summed E-state index contributed by atoms with van der Waals surface area (Å²) in [5.74, 6) is 0. The molecule has 0 aromatic carbocycles. The summed E-state index contributed by atoms with van der Waals surface area (Å²) in [6.07, 6.45) is 10.2. The minimum Gasteiger partial charge on any atom is -0.396 e. The lowest BCUT2D eigenvalue weighted by atomic mass is 9.85. The predicted octanol–water partition coefficient (Wildman–Crippen LogP) is 2.64. The molecule has 3 heteroatoms. The Hall–Kier alpha value is -0.120. The van der Waals surface area contributed by atoms with Gasteiger partial charge in [0, 0.05) is 19.7 Å². The fourth-order valence-corrected chi connectivity index (χ4v) is 3.37. The van der Waals surface area contributed by atoms with Gasteiger partial charge in [0.1, 0.15) is 0 Å². The number of rotatable bonds is 11. The van der Waals surface area contributed by atoms with Crippen LogP contribution in [0.5, 0.6) is 0 Å². The molecular formula is C16H34N2O. The van der Waals surface area contributed by atoms with Crippen molar-refractivity contribution in [3.05, 3.63) is 0 Å². The Morgan fingerprint density at radius 2 is 1.89 bits per heavy atom. The SMILES string of the molecule is CCCNCC1(CN(C)CCCCCO)CCCC1. The lowest BCUT2D eigenvalue weighted by Gasteiger charge is -2.34. The van der Waals surface area contributed by atoms with E-state index in [0.717, 1.165) is 19.4 Å². The van der Waals surface area contributed by atoms with E-state index in [0.29, 0.717) is 12.0 Å². The third-order valence-electron chi connectivity index (χ3n) is 4.39. The first-order chi connectivity index (χ1) is 9.22. The molecular weight excluding hydrogens is 236 g/mol. The zero-order chi connectivity index (χ0) is 14.0. The van der Waals surface area contributed by atoms with E-state index in [1.807, 2.05) is 0 Å². The van der Waals surface area contributed by atoms with Gasteiger partial charge in [-0.1, -0.05) is 19.8 Å². The van der Waals surface area contributed by atoms with Crippen molar-refractivity contribution in [1.82, 2.24) is 10.2 Å². The highest BCUT2D eigenvalue weighted by Gasteiger charge is 2.34. The second-order valence-corrected chi connectivity index (χ2v) is 6.41. The zero-order valence-electron chi connectivity index (χ0n) is 13.1. The highest BCUT2D eigenvalue weighted by molar-refractivity contribution is 4.88. The summed E-state index contributed by atoms with van der Waals surface area (Å²) in [6.45, 7) is 7.35. The fourth-order valence-electron chi connectivity index (χ4n) is 3.37. The average Bonchev–Trinajstić information content (AvgIpc) is 2.84. The van der Waals surface area contributed by atoms with Crippen LogP contribution in [-0.2, 0) is 0 Å². The van der Waals surface area contributed by atoms with Crippen LogP contribution < -0.4 is 5.32 Å². The van der Waals surface area contributed by atoms with Gasteiger partial charge in [-0.2, -0.15) is 0 Å². The maximum atomic E-state index is 8.80. The molecule has 19 heavy (non-hydrogen) atoms. The van der Waals surface area contributed by atoms with Crippen molar-refractivity contribution in [3.8, 4) is 0 Å². The fraction of sp³-hybridized carbons (Fsp3) is 1.00. The monoisotopic (exact) mass is 270 g/mol. The van der Waals surface area contributed by atoms with Crippen molar-refractivity contribution in [1.29, 1.82) is 0 Å². The zero-order valence-corrected chi connectivity index (χ0v) is 13.1. The molecule has 0 heterocycles. The maximum Gasteiger partial charge on any atom is 0.0431 e. The summed E-state index contributed by atoms with van der Waals surface area (Å²) in [4.78, 5) is 2.51. The second kappa shape index (κ2) is 9.73. The Balaban J connectivity index is 2.27. The van der Waals surface area contributed by atoms with Crippen LogP contribution in [0.4, 0.5) is 0 Å². The first kappa shape index (κ1) is 16.9. The molecule has 0 aromatic heterocycles. The molecule has 1 aliphatic rings. The number of nitrogens with zero attached hydrogens (tertiary/aromatic N) is 1. The predicted molar refractivity (Wildman–Crippen MR) is 82.5 cm³/mol. The van der Waals surface area contributed by atoms with Gasteiger partial charge in [-0.3, -0.25) is 0 Å². The number of hydrogen-bond acceptors (Lipinski definition) is 3. The van der Waals surface area contributed by atoms with Crippen LogP contribution in [0, 0.1) is 5.41 Å². The van der Waals surface area contributed by atoms with Crippen molar-refractivity contribution < 1.29 is 5.11 Å². The first-order valence-electron chi connectivity index (χ1n) is 8.22. The Morgan fingerprint density at radius 3 is 2.53 bits per heavy atom. The summed E-state index contributed by atoms with van der Waals surface area (Å²) in [7, 11) is 2.26. The second-order valence-electron chi connectivity index (χ2n) is 6.41. The Kier molecular flexibility index (Phi) is 8.67. The lowest BCUT2D eigenvalue weighted by Crippen LogP contribution is -2.41. The van der Waals surface area contributed by atoms with Crippen molar-refractivity contribution in [2.45, 2.75) is 58.3 Å². The number of aliphatic hydroxyl groups is 1. The van der Waals surface area contributed by atoms with Gasteiger partial charge in [0.05, 0.1) is 0 Å². The van der Waals surface area contributed by atoms with E-state index < -0.39 is 0 Å². The molecule has 114 valence electrons. The average molecular weight is 270 g/mol. The smallest absolute Gasteiger partial charge is 0.0431 e. The topological polar surface area (TPSA) is 35.5 Å².